The van der Waals surface area contributed by atoms with E-state index in [2.05, 4.69) is 6.07 Å². The monoisotopic (exact) mass is 301 g/mol. The van der Waals surface area contributed by atoms with Crippen molar-refractivity contribution in [2.75, 3.05) is 13.2 Å². The van der Waals surface area contributed by atoms with E-state index in [-0.39, 0.29) is 18.6 Å². The fourth-order valence-electron chi connectivity index (χ4n) is 3.31. The third-order valence-corrected chi connectivity index (χ3v) is 4.92. The highest BCUT2D eigenvalue weighted by Gasteiger charge is 2.30. The zero-order valence-electron chi connectivity index (χ0n) is 13.5. The molecule has 0 unspecified atom stereocenters. The smallest absolute Gasteiger partial charge is 0.290 e. The van der Waals surface area contributed by atoms with Gasteiger partial charge in [0.2, 0.25) is 0 Å². The van der Waals surface area contributed by atoms with E-state index in [1.807, 2.05) is 26.8 Å². The standard InChI is InChI=1S/C18H23NO3/c1-11-7-8-15-13(3)17(22-16(15)12(11)2)18(21)19-9-5-4-6-14(19)10-20/h7-8,14,20H,4-6,9-10H2,1-3H3/t14-/m0/s1. The van der Waals surface area contributed by atoms with Crippen LogP contribution in [-0.4, -0.2) is 35.1 Å². The fourth-order valence-corrected chi connectivity index (χ4v) is 3.31. The number of benzene rings is 1. The van der Waals surface area contributed by atoms with Gasteiger partial charge in [0.25, 0.3) is 5.91 Å². The van der Waals surface area contributed by atoms with E-state index in [0.29, 0.717) is 12.3 Å². The topological polar surface area (TPSA) is 53.7 Å². The van der Waals surface area contributed by atoms with E-state index in [1.54, 1.807) is 4.90 Å². The summed E-state index contributed by atoms with van der Waals surface area (Å²) in [5.74, 6) is 0.327. The second kappa shape index (κ2) is 5.76. The molecule has 1 aromatic heterocycles. The van der Waals surface area contributed by atoms with E-state index in [9.17, 15) is 9.90 Å². The molecule has 1 aliphatic heterocycles. The number of likely N-dealkylation sites (tertiary alicyclic amines) is 1. The molecule has 1 amide bonds. The second-order valence-electron chi connectivity index (χ2n) is 6.27. The number of carbonyl (C=O) groups is 1. The maximum absolute atomic E-state index is 12.9. The van der Waals surface area contributed by atoms with Crippen LogP contribution < -0.4 is 0 Å². The number of aliphatic hydroxyl groups excluding tert-OH is 1. The van der Waals surface area contributed by atoms with Gasteiger partial charge in [-0.15, -0.1) is 0 Å². The first kappa shape index (κ1) is 15.1. The summed E-state index contributed by atoms with van der Waals surface area (Å²) >= 11 is 0. The fraction of sp³-hybridized carbons (Fsp3) is 0.500. The molecule has 4 nitrogen and oxygen atoms in total. The summed E-state index contributed by atoms with van der Waals surface area (Å²) < 4.78 is 5.95. The molecule has 1 aromatic carbocycles. The highest BCUT2D eigenvalue weighted by atomic mass is 16.3. The number of fused-ring (bicyclic) bond motifs is 1. The lowest BCUT2D eigenvalue weighted by molar-refractivity contribution is 0.0474. The Morgan fingerprint density at radius 1 is 1.27 bits per heavy atom. The highest BCUT2D eigenvalue weighted by Crippen LogP contribution is 2.31. The van der Waals surface area contributed by atoms with Gasteiger partial charge in [0.1, 0.15) is 5.58 Å². The van der Waals surface area contributed by atoms with E-state index < -0.39 is 0 Å². The summed E-state index contributed by atoms with van der Waals surface area (Å²) in [7, 11) is 0. The third-order valence-electron chi connectivity index (χ3n) is 4.92. The minimum absolute atomic E-state index is 0.0170. The summed E-state index contributed by atoms with van der Waals surface area (Å²) in [6.45, 7) is 6.71. The molecule has 1 aliphatic rings. The predicted molar refractivity (Wildman–Crippen MR) is 86.2 cm³/mol. The van der Waals surface area contributed by atoms with E-state index in [4.69, 9.17) is 4.42 Å². The second-order valence-corrected chi connectivity index (χ2v) is 6.27. The summed E-state index contributed by atoms with van der Waals surface area (Å²) in [5.41, 5.74) is 3.94. The lowest BCUT2D eigenvalue weighted by Gasteiger charge is -2.34. The summed E-state index contributed by atoms with van der Waals surface area (Å²) in [4.78, 5) is 14.7. The summed E-state index contributed by atoms with van der Waals surface area (Å²) in [6.07, 6.45) is 2.91. The molecule has 0 radical (unpaired) electrons. The Morgan fingerprint density at radius 2 is 2.05 bits per heavy atom. The molecular weight excluding hydrogens is 278 g/mol. The largest absolute Gasteiger partial charge is 0.450 e. The predicted octanol–water partition coefficient (Wildman–Crippen LogP) is 3.35. The SMILES string of the molecule is Cc1ccc2c(C)c(C(=O)N3CCCC[C@H]3CO)oc2c1C. The molecule has 0 spiro atoms. The number of piperidine rings is 1. The Morgan fingerprint density at radius 3 is 2.77 bits per heavy atom. The molecule has 2 heterocycles. The van der Waals surface area contributed by atoms with Gasteiger partial charge in [-0.3, -0.25) is 4.79 Å². The van der Waals surface area contributed by atoms with Gasteiger partial charge in [0.05, 0.1) is 12.6 Å². The maximum Gasteiger partial charge on any atom is 0.290 e. The number of furan rings is 1. The van der Waals surface area contributed by atoms with Crippen LogP contribution in [0, 0.1) is 20.8 Å². The molecule has 1 fully saturated rings. The minimum Gasteiger partial charge on any atom is -0.450 e. The van der Waals surface area contributed by atoms with Crippen LogP contribution in [0.15, 0.2) is 16.5 Å². The Labute approximate surface area is 130 Å². The number of rotatable bonds is 2. The molecule has 4 heteroatoms. The van der Waals surface area contributed by atoms with Crippen LogP contribution in [0.3, 0.4) is 0 Å². The summed E-state index contributed by atoms with van der Waals surface area (Å²) in [6, 6.07) is 4.00. The number of hydrogen-bond donors (Lipinski definition) is 1. The zero-order valence-corrected chi connectivity index (χ0v) is 13.5. The number of amides is 1. The van der Waals surface area contributed by atoms with Crippen molar-refractivity contribution in [1.29, 1.82) is 0 Å². The Balaban J connectivity index is 2.04. The Hall–Kier alpha value is -1.81. The van der Waals surface area contributed by atoms with Gasteiger partial charge < -0.3 is 14.4 Å². The van der Waals surface area contributed by atoms with Gasteiger partial charge in [-0.05, 0) is 51.2 Å². The van der Waals surface area contributed by atoms with Gasteiger partial charge in [-0.2, -0.15) is 0 Å². The van der Waals surface area contributed by atoms with Crippen LogP contribution >= 0.6 is 0 Å². The summed E-state index contributed by atoms with van der Waals surface area (Å²) in [5, 5.41) is 10.5. The number of aryl methyl sites for hydroxylation is 3. The molecule has 0 bridgehead atoms. The minimum atomic E-state index is -0.0931. The van der Waals surface area contributed by atoms with Crippen LogP contribution in [0.25, 0.3) is 11.0 Å². The average molecular weight is 301 g/mol. The lowest BCUT2D eigenvalue weighted by Crippen LogP contribution is -2.45. The van der Waals surface area contributed by atoms with Crippen molar-refractivity contribution in [3.05, 3.63) is 34.6 Å². The van der Waals surface area contributed by atoms with Crippen molar-refractivity contribution in [3.63, 3.8) is 0 Å². The van der Waals surface area contributed by atoms with E-state index in [1.165, 1.54) is 0 Å². The number of nitrogens with zero attached hydrogens (tertiary/aromatic N) is 1. The van der Waals surface area contributed by atoms with Crippen molar-refractivity contribution >= 4 is 16.9 Å². The van der Waals surface area contributed by atoms with Gasteiger partial charge in [0, 0.05) is 17.5 Å². The van der Waals surface area contributed by atoms with Crippen molar-refractivity contribution < 1.29 is 14.3 Å². The van der Waals surface area contributed by atoms with Crippen LogP contribution in [0.4, 0.5) is 0 Å². The molecule has 118 valence electrons. The molecule has 22 heavy (non-hydrogen) atoms. The van der Waals surface area contributed by atoms with Crippen molar-refractivity contribution in [1.82, 2.24) is 4.90 Å². The lowest BCUT2D eigenvalue weighted by atomic mass is 10.0. The van der Waals surface area contributed by atoms with Crippen LogP contribution in [-0.2, 0) is 0 Å². The van der Waals surface area contributed by atoms with Crippen molar-refractivity contribution in [2.45, 2.75) is 46.1 Å². The van der Waals surface area contributed by atoms with Gasteiger partial charge in [0.15, 0.2) is 5.76 Å². The average Bonchev–Trinajstić information content (AvgIpc) is 2.88. The normalized spacial score (nSPS) is 18.9. The molecule has 0 saturated carbocycles. The van der Waals surface area contributed by atoms with E-state index >= 15 is 0 Å². The molecule has 1 atom stereocenters. The first-order chi connectivity index (χ1) is 10.5. The molecule has 2 aromatic rings. The Bertz CT molecular complexity index is 717. The van der Waals surface area contributed by atoms with Crippen LogP contribution in [0.2, 0.25) is 0 Å². The zero-order chi connectivity index (χ0) is 15.9. The molecule has 1 N–H and O–H groups in total. The van der Waals surface area contributed by atoms with Crippen LogP contribution in [0.1, 0.15) is 46.5 Å². The van der Waals surface area contributed by atoms with Crippen LogP contribution in [0.5, 0.6) is 0 Å². The third kappa shape index (κ3) is 2.31. The van der Waals surface area contributed by atoms with Gasteiger partial charge in [-0.1, -0.05) is 12.1 Å². The van der Waals surface area contributed by atoms with Crippen molar-refractivity contribution in [3.8, 4) is 0 Å². The number of aliphatic hydroxyl groups is 1. The highest BCUT2D eigenvalue weighted by molar-refractivity contribution is 6.00. The number of carbonyl (C=O) groups excluding carboxylic acids is 1. The van der Waals surface area contributed by atoms with Gasteiger partial charge in [-0.25, -0.2) is 0 Å². The quantitative estimate of drug-likeness (QED) is 0.925. The van der Waals surface area contributed by atoms with E-state index in [0.717, 1.165) is 46.9 Å². The molecule has 1 saturated heterocycles. The number of hydrogen-bond acceptors (Lipinski definition) is 3. The molecule has 0 aliphatic carbocycles. The first-order valence-corrected chi connectivity index (χ1v) is 7.95. The molecule has 3 rings (SSSR count). The maximum atomic E-state index is 12.9. The van der Waals surface area contributed by atoms with Crippen molar-refractivity contribution in [2.24, 2.45) is 0 Å². The van der Waals surface area contributed by atoms with Gasteiger partial charge >= 0.3 is 0 Å². The first-order valence-electron chi connectivity index (χ1n) is 7.95. The molecular formula is C18H23NO3. The Kier molecular flexibility index (Phi) is 3.96.